The largest absolute Gasteiger partial charge is 0.490 e. The lowest BCUT2D eigenvalue weighted by atomic mass is 10.1. The summed E-state index contributed by atoms with van der Waals surface area (Å²) in [6.07, 6.45) is -4.21. The van der Waals surface area contributed by atoms with Gasteiger partial charge in [0.25, 0.3) is 0 Å². The number of sulfonamides is 1. The number of benzene rings is 2. The van der Waals surface area contributed by atoms with E-state index in [-0.39, 0.29) is 23.8 Å². The second-order valence-corrected chi connectivity index (χ2v) is 10.7. The lowest BCUT2D eigenvalue weighted by Crippen LogP contribution is -2.34. The lowest BCUT2D eigenvalue weighted by Gasteiger charge is -2.20. The van der Waals surface area contributed by atoms with Crippen LogP contribution in [0.1, 0.15) is 23.1 Å². The van der Waals surface area contributed by atoms with Gasteiger partial charge in [-0.05, 0) is 31.0 Å². The standard InChI is InChI=1S/C23H30N4O3S.C2HF3O2/c1-18-4-10-21(11-5-18)31(29,30)27(3)17-13-22(28)26(2)16-12-19-6-8-20(9-7-19)23-24-14-15-25-23;3-2(4,5)1(6)7/h4-11H,12-17H2,1-3H3,(H,24,25);(H,6,7). The van der Waals surface area contributed by atoms with Crippen LogP contribution < -0.4 is 5.32 Å². The number of amidine groups is 1. The minimum atomic E-state index is -5.08. The third-order valence-electron chi connectivity index (χ3n) is 5.68. The molecule has 2 N–H and O–H groups in total. The molecule has 0 bridgehead atoms. The average molecular weight is 557 g/mol. The van der Waals surface area contributed by atoms with E-state index in [4.69, 9.17) is 9.90 Å². The number of hydrogen-bond donors (Lipinski definition) is 2. The highest BCUT2D eigenvalue weighted by molar-refractivity contribution is 7.89. The number of aliphatic carboxylic acids is 1. The quantitative estimate of drug-likeness (QED) is 0.490. The summed E-state index contributed by atoms with van der Waals surface area (Å²) in [5, 5.41) is 10.4. The van der Waals surface area contributed by atoms with Crippen molar-refractivity contribution in [2.24, 2.45) is 4.99 Å². The summed E-state index contributed by atoms with van der Waals surface area (Å²) in [7, 11) is -0.336. The number of aryl methyl sites for hydroxylation is 1. The molecule has 0 aliphatic carbocycles. The van der Waals surface area contributed by atoms with Gasteiger partial charge in [0.15, 0.2) is 0 Å². The minimum Gasteiger partial charge on any atom is -0.475 e. The van der Waals surface area contributed by atoms with Crippen LogP contribution in [-0.2, 0) is 26.0 Å². The van der Waals surface area contributed by atoms with E-state index in [1.807, 2.05) is 19.1 Å². The molecule has 0 spiro atoms. The number of aliphatic imine (C=N–C) groups is 1. The molecule has 9 nitrogen and oxygen atoms in total. The van der Waals surface area contributed by atoms with Gasteiger partial charge in [-0.3, -0.25) is 9.79 Å². The van der Waals surface area contributed by atoms with Gasteiger partial charge in [0.1, 0.15) is 5.84 Å². The zero-order valence-corrected chi connectivity index (χ0v) is 22.1. The molecule has 208 valence electrons. The van der Waals surface area contributed by atoms with E-state index in [9.17, 15) is 26.4 Å². The van der Waals surface area contributed by atoms with Crippen LogP contribution in [0.5, 0.6) is 0 Å². The minimum absolute atomic E-state index is 0.0768. The Kier molecular flexibility index (Phi) is 10.8. The van der Waals surface area contributed by atoms with Crippen molar-refractivity contribution in [3.63, 3.8) is 0 Å². The number of carbonyl (C=O) groups excluding carboxylic acids is 1. The molecule has 1 amide bonds. The maximum atomic E-state index is 12.6. The first-order valence-electron chi connectivity index (χ1n) is 11.7. The Balaban J connectivity index is 0.000000638. The number of likely N-dealkylation sites (N-methyl/N-ethyl adjacent to an activating group) is 1. The van der Waals surface area contributed by atoms with Gasteiger partial charge in [0.2, 0.25) is 15.9 Å². The fourth-order valence-electron chi connectivity index (χ4n) is 3.30. The van der Waals surface area contributed by atoms with Crippen molar-refractivity contribution >= 4 is 27.7 Å². The Morgan fingerprint density at radius 2 is 1.61 bits per heavy atom. The maximum absolute atomic E-state index is 12.6. The Bertz CT molecular complexity index is 1230. The molecular weight excluding hydrogens is 525 g/mol. The monoisotopic (exact) mass is 556 g/mol. The zero-order chi connectivity index (χ0) is 28.5. The molecule has 3 rings (SSSR count). The van der Waals surface area contributed by atoms with Gasteiger partial charge >= 0.3 is 12.1 Å². The molecular formula is C25H31F3N4O5S. The number of hydrogen-bond acceptors (Lipinski definition) is 6. The Morgan fingerprint density at radius 3 is 2.11 bits per heavy atom. The number of halogens is 3. The van der Waals surface area contributed by atoms with Crippen LogP contribution in [0.25, 0.3) is 0 Å². The smallest absolute Gasteiger partial charge is 0.475 e. The van der Waals surface area contributed by atoms with Gasteiger partial charge in [0, 0.05) is 45.7 Å². The SMILES string of the molecule is Cc1ccc(S(=O)(=O)N(C)CCC(=O)N(C)CCc2ccc(C3=NCCN3)cc2)cc1.O=C(O)C(F)(F)F. The fraction of sp³-hybridized carbons (Fsp3) is 0.400. The van der Waals surface area contributed by atoms with Crippen LogP contribution >= 0.6 is 0 Å². The fourth-order valence-corrected chi connectivity index (χ4v) is 4.47. The predicted octanol–water partition coefficient (Wildman–Crippen LogP) is 2.69. The van der Waals surface area contributed by atoms with Gasteiger partial charge in [-0.1, -0.05) is 42.0 Å². The molecule has 0 aromatic heterocycles. The van der Waals surface area contributed by atoms with Gasteiger partial charge in [-0.2, -0.15) is 13.2 Å². The molecule has 2 aromatic rings. The highest BCUT2D eigenvalue weighted by Crippen LogP contribution is 2.16. The van der Waals surface area contributed by atoms with Crippen LogP contribution in [0.3, 0.4) is 0 Å². The number of carboxylic acids is 1. The van der Waals surface area contributed by atoms with E-state index in [1.165, 1.54) is 11.4 Å². The lowest BCUT2D eigenvalue weighted by molar-refractivity contribution is -0.192. The van der Waals surface area contributed by atoms with E-state index in [1.54, 1.807) is 36.2 Å². The topological polar surface area (TPSA) is 119 Å². The summed E-state index contributed by atoms with van der Waals surface area (Å²) in [5.74, 6) is -1.90. The number of carboxylic acid groups (broad SMARTS) is 1. The number of nitrogens with one attached hydrogen (secondary N) is 1. The van der Waals surface area contributed by atoms with Gasteiger partial charge in [-0.25, -0.2) is 17.5 Å². The van der Waals surface area contributed by atoms with Crippen molar-refractivity contribution in [3.05, 3.63) is 65.2 Å². The first kappa shape index (κ1) is 30.8. The van der Waals surface area contributed by atoms with Gasteiger partial charge in [-0.15, -0.1) is 0 Å². The average Bonchev–Trinajstić information content (AvgIpc) is 3.41. The number of carbonyl (C=O) groups is 2. The van der Waals surface area contributed by atoms with E-state index in [0.29, 0.717) is 6.54 Å². The summed E-state index contributed by atoms with van der Waals surface area (Å²) < 4.78 is 58.3. The molecule has 0 saturated heterocycles. The number of alkyl halides is 3. The molecule has 38 heavy (non-hydrogen) atoms. The first-order chi connectivity index (χ1) is 17.7. The van der Waals surface area contributed by atoms with Crippen LogP contribution in [0, 0.1) is 6.92 Å². The summed E-state index contributed by atoms with van der Waals surface area (Å²) in [6.45, 7) is 4.32. The van der Waals surface area contributed by atoms with Gasteiger partial charge < -0.3 is 15.3 Å². The second-order valence-electron chi connectivity index (χ2n) is 8.61. The number of nitrogens with zero attached hydrogens (tertiary/aromatic N) is 3. The molecule has 1 heterocycles. The van der Waals surface area contributed by atoms with Crippen molar-refractivity contribution in [1.82, 2.24) is 14.5 Å². The molecule has 0 fully saturated rings. The van der Waals surface area contributed by atoms with Crippen molar-refractivity contribution in [3.8, 4) is 0 Å². The summed E-state index contributed by atoms with van der Waals surface area (Å²) >= 11 is 0. The van der Waals surface area contributed by atoms with Crippen LogP contribution in [-0.4, -0.2) is 86.9 Å². The normalized spacial score (nSPS) is 13.3. The van der Waals surface area contributed by atoms with E-state index in [2.05, 4.69) is 22.4 Å². The van der Waals surface area contributed by atoms with Crippen LogP contribution in [0.4, 0.5) is 13.2 Å². The second kappa shape index (κ2) is 13.4. The van der Waals surface area contributed by atoms with E-state index < -0.39 is 22.2 Å². The molecule has 0 radical (unpaired) electrons. The summed E-state index contributed by atoms with van der Waals surface area (Å²) in [4.78, 5) is 27.7. The summed E-state index contributed by atoms with van der Waals surface area (Å²) in [5.41, 5.74) is 3.21. The van der Waals surface area contributed by atoms with E-state index in [0.717, 1.165) is 42.0 Å². The predicted molar refractivity (Wildman–Crippen MR) is 136 cm³/mol. The molecule has 0 atom stereocenters. The van der Waals surface area contributed by atoms with Crippen molar-refractivity contribution in [2.45, 2.75) is 30.8 Å². The molecule has 1 aliphatic rings. The highest BCUT2D eigenvalue weighted by Gasteiger charge is 2.38. The Morgan fingerprint density at radius 1 is 1.03 bits per heavy atom. The van der Waals surface area contributed by atoms with Crippen molar-refractivity contribution < 1.29 is 36.3 Å². The molecule has 0 unspecified atom stereocenters. The molecule has 1 aliphatic heterocycles. The maximum Gasteiger partial charge on any atom is 0.490 e. The molecule has 2 aromatic carbocycles. The van der Waals surface area contributed by atoms with Crippen molar-refractivity contribution in [2.75, 3.05) is 40.3 Å². The number of rotatable bonds is 9. The third kappa shape index (κ3) is 9.14. The Hall–Kier alpha value is -3.45. The zero-order valence-electron chi connectivity index (χ0n) is 21.3. The van der Waals surface area contributed by atoms with E-state index >= 15 is 0 Å². The van der Waals surface area contributed by atoms with Crippen LogP contribution in [0.15, 0.2) is 58.4 Å². The summed E-state index contributed by atoms with van der Waals surface area (Å²) in [6, 6.07) is 14.9. The molecule has 13 heteroatoms. The Labute approximate surface area is 220 Å². The molecule has 0 saturated carbocycles. The van der Waals surface area contributed by atoms with Gasteiger partial charge in [0.05, 0.1) is 11.4 Å². The first-order valence-corrected chi connectivity index (χ1v) is 13.1. The highest BCUT2D eigenvalue weighted by atomic mass is 32.2. The third-order valence-corrected chi connectivity index (χ3v) is 7.55. The van der Waals surface area contributed by atoms with Crippen molar-refractivity contribution in [1.29, 1.82) is 0 Å². The van der Waals surface area contributed by atoms with Crippen LogP contribution in [0.2, 0.25) is 0 Å². The number of amides is 1.